The number of phenolic OH excluding ortho intramolecular Hbond substituents is 1. The number of hydrogen-bond donors (Lipinski definition) is 3. The number of anilines is 1. The summed E-state index contributed by atoms with van der Waals surface area (Å²) < 4.78 is 22.2. The molecule has 1 aliphatic rings. The highest BCUT2D eigenvalue weighted by molar-refractivity contribution is 5.85. The minimum atomic E-state index is -1.18. The molecule has 0 saturated heterocycles. The quantitative estimate of drug-likeness (QED) is 0.417. The largest absolute Gasteiger partial charge is 0.508 e. The summed E-state index contributed by atoms with van der Waals surface area (Å²) in [5, 5.41) is 21.5. The number of fused-ring (bicyclic) bond motifs is 1. The lowest BCUT2D eigenvalue weighted by atomic mass is 10.0. The topological polar surface area (TPSA) is 124 Å². The van der Waals surface area contributed by atoms with Crippen molar-refractivity contribution < 1.29 is 38.7 Å². The zero-order chi connectivity index (χ0) is 23.9. The maximum atomic E-state index is 12.8. The van der Waals surface area contributed by atoms with Gasteiger partial charge in [0.15, 0.2) is 23.7 Å². The Morgan fingerprint density at radius 2 is 1.71 bits per heavy atom. The Bertz CT molecular complexity index is 1180. The van der Waals surface area contributed by atoms with Gasteiger partial charge >= 0.3 is 12.1 Å². The van der Waals surface area contributed by atoms with Crippen molar-refractivity contribution in [1.82, 2.24) is 0 Å². The van der Waals surface area contributed by atoms with Crippen LogP contribution in [0.5, 0.6) is 23.0 Å². The number of para-hydroxylation sites is 1. The molecule has 0 fully saturated rings. The van der Waals surface area contributed by atoms with Gasteiger partial charge in [-0.2, -0.15) is 0 Å². The Labute approximate surface area is 194 Å². The average Bonchev–Trinajstić information content (AvgIpc) is 3.29. The Morgan fingerprint density at radius 3 is 2.44 bits per heavy atom. The van der Waals surface area contributed by atoms with Gasteiger partial charge in [-0.3, -0.25) is 5.32 Å². The van der Waals surface area contributed by atoms with Gasteiger partial charge in [0.2, 0.25) is 6.79 Å². The van der Waals surface area contributed by atoms with Crippen molar-refractivity contribution in [2.24, 2.45) is 0 Å². The molecule has 34 heavy (non-hydrogen) atoms. The zero-order valence-electron chi connectivity index (χ0n) is 17.8. The van der Waals surface area contributed by atoms with Gasteiger partial charge in [-0.15, -0.1) is 0 Å². The zero-order valence-corrected chi connectivity index (χ0v) is 17.8. The van der Waals surface area contributed by atoms with Crippen LogP contribution in [0.2, 0.25) is 0 Å². The lowest BCUT2D eigenvalue weighted by Crippen LogP contribution is -2.29. The molecule has 9 heteroatoms. The first kappa shape index (κ1) is 22.5. The molecule has 174 valence electrons. The number of carbonyl (C=O) groups excluding carboxylic acids is 1. The van der Waals surface area contributed by atoms with Crippen LogP contribution in [-0.2, 0) is 9.53 Å². The van der Waals surface area contributed by atoms with Crippen LogP contribution in [0, 0.1) is 0 Å². The van der Waals surface area contributed by atoms with Crippen molar-refractivity contribution in [3.05, 3.63) is 90.5 Å². The number of hydrogen-bond acceptors (Lipinski definition) is 7. The minimum Gasteiger partial charge on any atom is -0.508 e. The SMILES string of the molecule is O=C(O)/C=C/[C@H](Oc1ccccc1)[C@@H](OC(=O)Nc1ccc2c(c1)OCO2)c1ccc(O)cc1. The molecule has 0 unspecified atom stereocenters. The van der Waals surface area contributed by atoms with Crippen LogP contribution in [0.3, 0.4) is 0 Å². The average molecular weight is 463 g/mol. The number of ether oxygens (including phenoxy) is 4. The molecule has 3 aromatic rings. The van der Waals surface area contributed by atoms with Crippen molar-refractivity contribution in [2.75, 3.05) is 12.1 Å². The van der Waals surface area contributed by atoms with Gasteiger partial charge in [0.25, 0.3) is 0 Å². The summed E-state index contributed by atoms with van der Waals surface area (Å²) in [5.74, 6) is 0.342. The molecule has 1 amide bonds. The monoisotopic (exact) mass is 463 g/mol. The molecular weight excluding hydrogens is 442 g/mol. The van der Waals surface area contributed by atoms with Gasteiger partial charge in [0.05, 0.1) is 0 Å². The number of aromatic hydroxyl groups is 1. The first-order valence-electron chi connectivity index (χ1n) is 10.3. The summed E-state index contributed by atoms with van der Waals surface area (Å²) in [6.45, 7) is 0.0978. The molecule has 3 N–H and O–H groups in total. The molecule has 3 aromatic carbocycles. The van der Waals surface area contributed by atoms with E-state index in [1.807, 2.05) is 6.07 Å². The molecule has 0 radical (unpaired) electrons. The van der Waals surface area contributed by atoms with E-state index in [1.54, 1.807) is 54.6 Å². The van der Waals surface area contributed by atoms with Crippen LogP contribution < -0.4 is 19.5 Å². The molecule has 1 heterocycles. The lowest BCUT2D eigenvalue weighted by molar-refractivity contribution is -0.131. The Balaban J connectivity index is 1.60. The van der Waals surface area contributed by atoms with Crippen molar-refractivity contribution in [3.8, 4) is 23.0 Å². The molecule has 1 aliphatic heterocycles. The maximum absolute atomic E-state index is 12.8. The van der Waals surface area contributed by atoms with Crippen molar-refractivity contribution in [2.45, 2.75) is 12.2 Å². The van der Waals surface area contributed by atoms with E-state index in [1.165, 1.54) is 18.2 Å². The number of aliphatic carboxylic acids is 1. The van der Waals surface area contributed by atoms with Crippen molar-refractivity contribution in [3.63, 3.8) is 0 Å². The predicted molar refractivity (Wildman–Crippen MR) is 121 cm³/mol. The normalized spacial score (nSPS) is 13.8. The molecular formula is C25H21NO8. The number of nitrogens with one attached hydrogen (secondary N) is 1. The van der Waals surface area contributed by atoms with Crippen LogP contribution in [0.4, 0.5) is 10.5 Å². The van der Waals surface area contributed by atoms with Gasteiger partial charge in [-0.25, -0.2) is 9.59 Å². The minimum absolute atomic E-state index is 0.0221. The Kier molecular flexibility index (Phi) is 6.83. The van der Waals surface area contributed by atoms with E-state index >= 15 is 0 Å². The molecule has 2 atom stereocenters. The van der Waals surface area contributed by atoms with Crippen LogP contribution in [0.1, 0.15) is 11.7 Å². The van der Waals surface area contributed by atoms with Gasteiger partial charge < -0.3 is 29.2 Å². The van der Waals surface area contributed by atoms with E-state index in [2.05, 4.69) is 5.32 Å². The van der Waals surface area contributed by atoms with Gasteiger partial charge in [0, 0.05) is 17.8 Å². The third-order valence-corrected chi connectivity index (χ3v) is 4.82. The second-order valence-electron chi connectivity index (χ2n) is 7.20. The van der Waals surface area contributed by atoms with Crippen molar-refractivity contribution >= 4 is 17.7 Å². The number of benzene rings is 3. The number of carbonyl (C=O) groups is 2. The number of amides is 1. The molecule has 4 rings (SSSR count). The molecule has 0 aliphatic carbocycles. The van der Waals surface area contributed by atoms with Crippen LogP contribution in [-0.4, -0.2) is 35.2 Å². The third-order valence-electron chi connectivity index (χ3n) is 4.82. The molecule has 0 saturated carbocycles. The van der Waals surface area contributed by atoms with Crippen LogP contribution in [0.25, 0.3) is 0 Å². The summed E-state index contributed by atoms with van der Waals surface area (Å²) in [6.07, 6.45) is -0.640. The second kappa shape index (κ2) is 10.3. The highest BCUT2D eigenvalue weighted by Crippen LogP contribution is 2.34. The summed E-state index contributed by atoms with van der Waals surface area (Å²) in [7, 11) is 0. The fourth-order valence-electron chi connectivity index (χ4n) is 3.26. The number of carboxylic acids is 1. The molecule has 0 bridgehead atoms. The first-order valence-corrected chi connectivity index (χ1v) is 10.3. The molecule has 0 spiro atoms. The molecule has 0 aromatic heterocycles. The van der Waals surface area contributed by atoms with Gasteiger partial charge in [-0.1, -0.05) is 30.3 Å². The van der Waals surface area contributed by atoms with E-state index in [0.717, 1.165) is 6.08 Å². The lowest BCUT2D eigenvalue weighted by Gasteiger charge is -2.26. The predicted octanol–water partition coefficient (Wildman–Crippen LogP) is 4.50. The van der Waals surface area contributed by atoms with E-state index in [9.17, 15) is 14.7 Å². The Hall–Kier alpha value is -4.66. The Morgan fingerprint density at radius 1 is 0.971 bits per heavy atom. The van der Waals surface area contributed by atoms with Gasteiger partial charge in [-0.05, 0) is 48.0 Å². The standard InChI is InChI=1S/C25H21NO8/c27-18-9-6-16(7-10-18)24(21(12-13-23(28)29)33-19-4-2-1-3-5-19)34-25(30)26-17-8-11-20-22(14-17)32-15-31-20/h1-14,21,24,27H,15H2,(H,26,30)(H,28,29)/b13-12+/t21-,24-/m0/s1. The van der Waals surface area contributed by atoms with E-state index in [4.69, 9.17) is 24.1 Å². The van der Waals surface area contributed by atoms with E-state index in [-0.39, 0.29) is 12.5 Å². The highest BCUT2D eigenvalue weighted by atomic mass is 16.7. The van der Waals surface area contributed by atoms with Gasteiger partial charge in [0.1, 0.15) is 11.5 Å². The number of rotatable bonds is 8. The van der Waals surface area contributed by atoms with E-state index in [0.29, 0.717) is 28.5 Å². The van der Waals surface area contributed by atoms with Crippen LogP contribution in [0.15, 0.2) is 84.9 Å². The van der Waals surface area contributed by atoms with E-state index < -0.39 is 24.3 Å². The fraction of sp³-hybridized carbons (Fsp3) is 0.120. The smallest absolute Gasteiger partial charge is 0.412 e. The summed E-state index contributed by atoms with van der Waals surface area (Å²) in [4.78, 5) is 24.0. The summed E-state index contributed by atoms with van der Waals surface area (Å²) in [6, 6.07) is 19.6. The maximum Gasteiger partial charge on any atom is 0.412 e. The van der Waals surface area contributed by atoms with Crippen LogP contribution >= 0.6 is 0 Å². The molecule has 9 nitrogen and oxygen atoms in total. The summed E-state index contributed by atoms with van der Waals surface area (Å²) in [5.41, 5.74) is 0.898. The fourth-order valence-corrected chi connectivity index (χ4v) is 3.26. The highest BCUT2D eigenvalue weighted by Gasteiger charge is 2.28. The third kappa shape index (κ3) is 5.77. The first-order chi connectivity index (χ1) is 16.5. The summed E-state index contributed by atoms with van der Waals surface area (Å²) >= 11 is 0. The number of carboxylic acid groups (broad SMARTS) is 1. The van der Waals surface area contributed by atoms with Crippen molar-refractivity contribution in [1.29, 1.82) is 0 Å². The second-order valence-corrected chi connectivity index (χ2v) is 7.20. The number of phenols is 1.